The Morgan fingerprint density at radius 3 is 2.07 bits per heavy atom. The molecule has 86 valence electrons. The molecule has 0 saturated heterocycles. The molecule has 2 N–H and O–H groups in total. The van der Waals surface area contributed by atoms with Crippen LogP contribution in [0.1, 0.15) is 27.7 Å². The van der Waals surface area contributed by atoms with Crippen molar-refractivity contribution in [2.75, 3.05) is 0 Å². The molecule has 0 aromatic carbocycles. The lowest BCUT2D eigenvalue weighted by atomic mass is 10.0. The van der Waals surface area contributed by atoms with Crippen molar-refractivity contribution in [3.8, 4) is 0 Å². The van der Waals surface area contributed by atoms with E-state index in [1.165, 1.54) is 6.92 Å². The van der Waals surface area contributed by atoms with E-state index in [-0.39, 0.29) is 0 Å². The monoisotopic (exact) mass is 215 g/mol. The lowest BCUT2D eigenvalue weighted by molar-refractivity contribution is -0.142. The van der Waals surface area contributed by atoms with E-state index in [2.05, 4.69) is 11.9 Å². The number of amides is 1. The number of rotatable bonds is 3. The predicted octanol–water partition coefficient (Wildman–Crippen LogP) is 1.54. The molecule has 0 spiro atoms. The summed E-state index contributed by atoms with van der Waals surface area (Å²) in [5.74, 6) is -1.19. The Morgan fingerprint density at radius 1 is 1.33 bits per heavy atom. The molecule has 15 heavy (non-hydrogen) atoms. The van der Waals surface area contributed by atoms with E-state index in [1.807, 2.05) is 0 Å². The molecule has 0 aromatic heterocycles. The molecule has 0 aromatic rings. The van der Waals surface area contributed by atoms with Gasteiger partial charge in [0.05, 0.1) is 0 Å². The summed E-state index contributed by atoms with van der Waals surface area (Å²) in [6.07, 6.45) is 0.353. The van der Waals surface area contributed by atoms with Gasteiger partial charge in [-0.05, 0) is 27.7 Å². The third-order valence-corrected chi connectivity index (χ3v) is 1.61. The molecule has 0 unspecified atom stereocenters. The first-order chi connectivity index (χ1) is 6.60. The van der Waals surface area contributed by atoms with Gasteiger partial charge in [0.1, 0.15) is 5.60 Å². The van der Waals surface area contributed by atoms with Crippen molar-refractivity contribution in [1.82, 2.24) is 5.32 Å². The summed E-state index contributed by atoms with van der Waals surface area (Å²) >= 11 is 0. The van der Waals surface area contributed by atoms with Crippen molar-refractivity contribution in [2.45, 2.75) is 38.8 Å². The minimum absolute atomic E-state index is 0.662. The Morgan fingerprint density at radius 2 is 1.80 bits per heavy atom. The zero-order valence-corrected chi connectivity index (χ0v) is 9.46. The van der Waals surface area contributed by atoms with Gasteiger partial charge in [-0.2, -0.15) is 0 Å². The maximum absolute atomic E-state index is 11.3. The van der Waals surface area contributed by atoms with Crippen molar-refractivity contribution in [3.05, 3.63) is 12.7 Å². The molecular formula is C10H17NO4. The normalized spacial score (nSPS) is 14.9. The fourth-order valence-electron chi connectivity index (χ4n) is 0.707. The van der Waals surface area contributed by atoms with Gasteiger partial charge < -0.3 is 15.2 Å². The van der Waals surface area contributed by atoms with Crippen LogP contribution in [0.25, 0.3) is 0 Å². The van der Waals surface area contributed by atoms with E-state index >= 15 is 0 Å². The summed E-state index contributed by atoms with van der Waals surface area (Å²) in [5.41, 5.74) is -2.17. The molecule has 0 aliphatic heterocycles. The number of alkyl carbamates (subject to hydrolysis) is 1. The van der Waals surface area contributed by atoms with Gasteiger partial charge in [-0.25, -0.2) is 9.59 Å². The van der Waals surface area contributed by atoms with E-state index in [4.69, 9.17) is 9.84 Å². The second-order valence-electron chi connectivity index (χ2n) is 4.34. The van der Waals surface area contributed by atoms with Gasteiger partial charge in [0.2, 0.25) is 0 Å². The number of carbonyl (C=O) groups excluding carboxylic acids is 1. The van der Waals surface area contributed by atoms with Crippen LogP contribution in [0.2, 0.25) is 0 Å². The number of carboxylic acids is 1. The molecule has 0 saturated carbocycles. The summed E-state index contributed by atoms with van der Waals surface area (Å²) in [4.78, 5) is 22.1. The largest absolute Gasteiger partial charge is 0.479 e. The number of hydrogen-bond donors (Lipinski definition) is 2. The predicted molar refractivity (Wildman–Crippen MR) is 55.6 cm³/mol. The SMILES string of the molecule is C=C[C@](C)(NC(=O)OC(C)(C)C)C(=O)O. The Balaban J connectivity index is 4.52. The number of carboxylic acid groups (broad SMARTS) is 1. The van der Waals surface area contributed by atoms with E-state index in [0.29, 0.717) is 0 Å². The summed E-state index contributed by atoms with van der Waals surface area (Å²) in [7, 11) is 0. The van der Waals surface area contributed by atoms with Crippen LogP contribution in [0.5, 0.6) is 0 Å². The van der Waals surface area contributed by atoms with Gasteiger partial charge in [-0.3, -0.25) is 0 Å². The molecule has 0 aliphatic rings. The van der Waals surface area contributed by atoms with Crippen molar-refractivity contribution in [1.29, 1.82) is 0 Å². The number of nitrogens with one attached hydrogen (secondary N) is 1. The van der Waals surface area contributed by atoms with Crippen LogP contribution in [0, 0.1) is 0 Å². The third-order valence-electron chi connectivity index (χ3n) is 1.61. The maximum atomic E-state index is 11.3. The molecule has 5 nitrogen and oxygen atoms in total. The van der Waals surface area contributed by atoms with Gasteiger partial charge in [-0.1, -0.05) is 6.08 Å². The first-order valence-electron chi connectivity index (χ1n) is 4.49. The van der Waals surface area contributed by atoms with Crippen molar-refractivity contribution >= 4 is 12.1 Å². The zero-order chi connectivity index (χ0) is 12.3. The minimum Gasteiger partial charge on any atom is -0.479 e. The van der Waals surface area contributed by atoms with Crippen LogP contribution < -0.4 is 5.32 Å². The second kappa shape index (κ2) is 4.33. The second-order valence-corrected chi connectivity index (χ2v) is 4.34. The Labute approximate surface area is 89.1 Å². The summed E-state index contributed by atoms with van der Waals surface area (Å²) in [6.45, 7) is 9.76. The van der Waals surface area contributed by atoms with Crippen LogP contribution in [-0.4, -0.2) is 28.3 Å². The van der Waals surface area contributed by atoms with Crippen molar-refractivity contribution in [3.63, 3.8) is 0 Å². The smallest absolute Gasteiger partial charge is 0.408 e. The Bertz CT molecular complexity index is 280. The highest BCUT2D eigenvalue weighted by atomic mass is 16.6. The summed E-state index contributed by atoms with van der Waals surface area (Å²) in [5, 5.41) is 11.1. The molecule has 1 amide bonds. The van der Waals surface area contributed by atoms with Crippen LogP contribution in [-0.2, 0) is 9.53 Å². The van der Waals surface area contributed by atoms with Gasteiger partial charge in [0.25, 0.3) is 0 Å². The Kier molecular flexibility index (Phi) is 3.90. The van der Waals surface area contributed by atoms with E-state index in [0.717, 1.165) is 6.08 Å². The molecule has 5 heteroatoms. The highest BCUT2D eigenvalue weighted by molar-refractivity contribution is 5.86. The van der Waals surface area contributed by atoms with Gasteiger partial charge >= 0.3 is 12.1 Å². The molecule has 0 aliphatic carbocycles. The molecule has 0 fully saturated rings. The highest BCUT2D eigenvalue weighted by Gasteiger charge is 2.33. The third kappa shape index (κ3) is 4.49. The standard InChI is InChI=1S/C10H17NO4/c1-6-10(5,7(12)13)11-8(14)15-9(2,3)4/h6H,1H2,2-5H3,(H,11,14)(H,12,13)/t10-/m0/s1. The van der Waals surface area contributed by atoms with Crippen molar-refractivity contribution < 1.29 is 19.4 Å². The highest BCUT2D eigenvalue weighted by Crippen LogP contribution is 2.10. The summed E-state index contributed by atoms with van der Waals surface area (Å²) in [6, 6.07) is 0. The first kappa shape index (κ1) is 13.5. The van der Waals surface area contributed by atoms with Crippen molar-refractivity contribution in [2.24, 2.45) is 0 Å². The average Bonchev–Trinajstić information content (AvgIpc) is 1.99. The lowest BCUT2D eigenvalue weighted by Gasteiger charge is -2.25. The fourth-order valence-corrected chi connectivity index (χ4v) is 0.707. The molecule has 0 bridgehead atoms. The van der Waals surface area contributed by atoms with E-state index in [1.54, 1.807) is 20.8 Å². The van der Waals surface area contributed by atoms with E-state index < -0.39 is 23.2 Å². The first-order valence-corrected chi connectivity index (χ1v) is 4.49. The molecule has 1 atom stereocenters. The number of carbonyl (C=O) groups is 2. The topological polar surface area (TPSA) is 75.6 Å². The molecule has 0 rings (SSSR count). The van der Waals surface area contributed by atoms with Crippen LogP contribution in [0.4, 0.5) is 4.79 Å². The molecule has 0 radical (unpaired) electrons. The number of hydrogen-bond acceptors (Lipinski definition) is 3. The summed E-state index contributed by atoms with van der Waals surface area (Å²) < 4.78 is 4.92. The minimum atomic E-state index is -1.51. The van der Waals surface area contributed by atoms with Crippen LogP contribution >= 0.6 is 0 Å². The quantitative estimate of drug-likeness (QED) is 0.700. The number of ether oxygens (including phenoxy) is 1. The lowest BCUT2D eigenvalue weighted by Crippen LogP contribution is -2.51. The average molecular weight is 215 g/mol. The van der Waals surface area contributed by atoms with Gasteiger partial charge in [0.15, 0.2) is 5.54 Å². The fraction of sp³-hybridized carbons (Fsp3) is 0.600. The molecular weight excluding hydrogens is 198 g/mol. The van der Waals surface area contributed by atoms with Gasteiger partial charge in [0, 0.05) is 0 Å². The number of aliphatic carboxylic acids is 1. The van der Waals surface area contributed by atoms with E-state index in [9.17, 15) is 9.59 Å². The van der Waals surface area contributed by atoms with Gasteiger partial charge in [-0.15, -0.1) is 6.58 Å². The molecule has 0 heterocycles. The van der Waals surface area contributed by atoms with Crippen LogP contribution in [0.3, 0.4) is 0 Å². The Hall–Kier alpha value is -1.52. The van der Waals surface area contributed by atoms with Crippen LogP contribution in [0.15, 0.2) is 12.7 Å². The maximum Gasteiger partial charge on any atom is 0.408 e. The zero-order valence-electron chi connectivity index (χ0n) is 9.46.